The maximum atomic E-state index is 6.12. The number of hydrogen-bond acceptors (Lipinski definition) is 5. The van der Waals surface area contributed by atoms with E-state index in [9.17, 15) is 0 Å². The lowest BCUT2D eigenvalue weighted by Gasteiger charge is -2.41. The topological polar surface area (TPSA) is 34.2 Å². The minimum atomic E-state index is 0.248. The molecule has 4 rings (SSSR count). The van der Waals surface area contributed by atoms with Crippen molar-refractivity contribution in [1.29, 1.82) is 0 Å². The van der Waals surface area contributed by atoms with Crippen molar-refractivity contribution in [3.05, 3.63) is 60.2 Å². The summed E-state index contributed by atoms with van der Waals surface area (Å²) < 4.78 is 17.4. The Bertz CT molecular complexity index is 734. The van der Waals surface area contributed by atoms with Gasteiger partial charge in [-0.05, 0) is 24.1 Å². The molecular weight excluding hydrogens is 352 g/mol. The van der Waals surface area contributed by atoms with Crippen molar-refractivity contribution in [3.63, 3.8) is 0 Å². The molecule has 2 aromatic carbocycles. The zero-order valence-electron chi connectivity index (χ0n) is 16.6. The van der Waals surface area contributed by atoms with Crippen LogP contribution >= 0.6 is 0 Å². The summed E-state index contributed by atoms with van der Waals surface area (Å²) in [4.78, 5) is 4.96. The van der Waals surface area contributed by atoms with Crippen molar-refractivity contribution >= 4 is 0 Å². The van der Waals surface area contributed by atoms with Crippen molar-refractivity contribution in [2.75, 3.05) is 46.4 Å². The van der Waals surface area contributed by atoms with Crippen LogP contribution < -0.4 is 9.47 Å². The summed E-state index contributed by atoms with van der Waals surface area (Å²) in [6.45, 7) is 6.84. The second-order valence-corrected chi connectivity index (χ2v) is 7.70. The van der Waals surface area contributed by atoms with Gasteiger partial charge in [-0.3, -0.25) is 9.80 Å². The molecule has 2 heterocycles. The molecule has 2 fully saturated rings. The fraction of sp³-hybridized carbons (Fsp3) is 0.478. The maximum absolute atomic E-state index is 6.12. The number of ether oxygens (including phenoxy) is 3. The molecule has 28 heavy (non-hydrogen) atoms. The van der Waals surface area contributed by atoms with Gasteiger partial charge in [0.1, 0.15) is 17.6 Å². The SMILES string of the molecule is COc1cccc(OC2CN(CC3CN(Cc4ccccc4)CCCO3)C2)c1. The van der Waals surface area contributed by atoms with Crippen LogP contribution in [0, 0.1) is 0 Å². The average Bonchev–Trinajstić information content (AvgIpc) is 2.92. The highest BCUT2D eigenvalue weighted by molar-refractivity contribution is 5.33. The molecule has 2 aliphatic rings. The zero-order valence-corrected chi connectivity index (χ0v) is 16.6. The number of hydrogen-bond donors (Lipinski definition) is 0. The standard InChI is InChI=1S/C23H30N2O3/c1-26-20-9-5-10-21(13-20)28-23-17-25(18-23)16-22-15-24(11-6-12-27-22)14-19-7-3-2-4-8-19/h2-5,7-10,13,22-23H,6,11-12,14-18H2,1H3. The van der Waals surface area contributed by atoms with Crippen LogP contribution in [0.4, 0.5) is 0 Å². The summed E-state index contributed by atoms with van der Waals surface area (Å²) in [6, 6.07) is 18.5. The molecule has 0 aromatic heterocycles. The largest absolute Gasteiger partial charge is 0.497 e. The highest BCUT2D eigenvalue weighted by atomic mass is 16.5. The van der Waals surface area contributed by atoms with E-state index < -0.39 is 0 Å². The average molecular weight is 383 g/mol. The van der Waals surface area contributed by atoms with E-state index in [0.717, 1.165) is 63.8 Å². The van der Waals surface area contributed by atoms with E-state index in [-0.39, 0.29) is 12.2 Å². The Morgan fingerprint density at radius 2 is 1.79 bits per heavy atom. The summed E-state index contributed by atoms with van der Waals surface area (Å²) in [5.41, 5.74) is 1.37. The van der Waals surface area contributed by atoms with Crippen LogP contribution in [0.1, 0.15) is 12.0 Å². The lowest BCUT2D eigenvalue weighted by Crippen LogP contribution is -2.56. The molecule has 0 saturated carbocycles. The molecule has 0 N–H and O–H groups in total. The molecule has 1 atom stereocenters. The third kappa shape index (κ3) is 5.25. The number of benzene rings is 2. The number of likely N-dealkylation sites (tertiary alicyclic amines) is 1. The third-order valence-corrected chi connectivity index (χ3v) is 5.41. The van der Waals surface area contributed by atoms with E-state index >= 15 is 0 Å². The van der Waals surface area contributed by atoms with Crippen molar-refractivity contribution in [2.24, 2.45) is 0 Å². The Kier molecular flexibility index (Phi) is 6.47. The molecule has 5 nitrogen and oxygen atoms in total. The fourth-order valence-electron chi connectivity index (χ4n) is 3.97. The van der Waals surface area contributed by atoms with Crippen LogP contribution in [0.2, 0.25) is 0 Å². The molecule has 2 saturated heterocycles. The van der Waals surface area contributed by atoms with Gasteiger partial charge >= 0.3 is 0 Å². The maximum Gasteiger partial charge on any atom is 0.124 e. The van der Waals surface area contributed by atoms with Gasteiger partial charge in [0.25, 0.3) is 0 Å². The zero-order chi connectivity index (χ0) is 19.2. The first-order chi connectivity index (χ1) is 13.8. The lowest BCUT2D eigenvalue weighted by atomic mass is 10.1. The van der Waals surface area contributed by atoms with E-state index in [2.05, 4.69) is 40.1 Å². The fourth-order valence-corrected chi connectivity index (χ4v) is 3.97. The highest BCUT2D eigenvalue weighted by Crippen LogP contribution is 2.23. The predicted octanol–water partition coefficient (Wildman–Crippen LogP) is 3.05. The molecule has 0 bridgehead atoms. The van der Waals surface area contributed by atoms with Gasteiger partial charge in [0.15, 0.2) is 0 Å². The van der Waals surface area contributed by atoms with E-state index in [4.69, 9.17) is 14.2 Å². The van der Waals surface area contributed by atoms with E-state index in [1.54, 1.807) is 7.11 Å². The third-order valence-electron chi connectivity index (χ3n) is 5.41. The van der Waals surface area contributed by atoms with Crippen molar-refractivity contribution in [3.8, 4) is 11.5 Å². The van der Waals surface area contributed by atoms with Gasteiger partial charge in [-0.15, -0.1) is 0 Å². The minimum absolute atomic E-state index is 0.248. The summed E-state index contributed by atoms with van der Waals surface area (Å²) in [7, 11) is 1.68. The summed E-state index contributed by atoms with van der Waals surface area (Å²) >= 11 is 0. The Morgan fingerprint density at radius 3 is 2.61 bits per heavy atom. The highest BCUT2D eigenvalue weighted by Gasteiger charge is 2.31. The van der Waals surface area contributed by atoms with Crippen LogP contribution in [0.5, 0.6) is 11.5 Å². The quantitative estimate of drug-likeness (QED) is 0.735. The predicted molar refractivity (Wildman–Crippen MR) is 110 cm³/mol. The first kappa shape index (κ1) is 19.2. The van der Waals surface area contributed by atoms with Gasteiger partial charge < -0.3 is 14.2 Å². The van der Waals surface area contributed by atoms with Crippen LogP contribution in [-0.4, -0.2) is 68.4 Å². The van der Waals surface area contributed by atoms with Crippen molar-refractivity contribution in [1.82, 2.24) is 9.80 Å². The van der Waals surface area contributed by atoms with Crippen LogP contribution in [0.3, 0.4) is 0 Å². The second kappa shape index (κ2) is 9.41. The van der Waals surface area contributed by atoms with E-state index in [0.29, 0.717) is 0 Å². The number of rotatable bonds is 7. The molecular formula is C23H30N2O3. The molecule has 150 valence electrons. The van der Waals surface area contributed by atoms with Gasteiger partial charge in [0.05, 0.1) is 13.2 Å². The number of nitrogens with zero attached hydrogens (tertiary/aromatic N) is 2. The van der Waals surface area contributed by atoms with Gasteiger partial charge in [0, 0.05) is 51.9 Å². The van der Waals surface area contributed by atoms with Crippen molar-refractivity contribution < 1.29 is 14.2 Å². The number of methoxy groups -OCH3 is 1. The Balaban J connectivity index is 1.23. The molecule has 5 heteroatoms. The molecule has 2 aromatic rings. The molecule has 0 spiro atoms. The van der Waals surface area contributed by atoms with Gasteiger partial charge in [-0.1, -0.05) is 36.4 Å². The summed E-state index contributed by atoms with van der Waals surface area (Å²) in [5.74, 6) is 1.71. The van der Waals surface area contributed by atoms with E-state index in [1.165, 1.54) is 5.56 Å². The smallest absolute Gasteiger partial charge is 0.124 e. The van der Waals surface area contributed by atoms with Gasteiger partial charge in [-0.2, -0.15) is 0 Å². The van der Waals surface area contributed by atoms with Crippen LogP contribution in [0.25, 0.3) is 0 Å². The van der Waals surface area contributed by atoms with Crippen LogP contribution in [-0.2, 0) is 11.3 Å². The van der Waals surface area contributed by atoms with Gasteiger partial charge in [-0.25, -0.2) is 0 Å². The van der Waals surface area contributed by atoms with Crippen LogP contribution in [0.15, 0.2) is 54.6 Å². The Hall–Kier alpha value is -2.08. The normalized spacial score (nSPS) is 21.7. The lowest BCUT2D eigenvalue weighted by molar-refractivity contribution is -0.0321. The van der Waals surface area contributed by atoms with Gasteiger partial charge in [0.2, 0.25) is 0 Å². The molecule has 2 aliphatic heterocycles. The van der Waals surface area contributed by atoms with Crippen molar-refractivity contribution in [2.45, 2.75) is 25.2 Å². The summed E-state index contributed by atoms with van der Waals surface area (Å²) in [5, 5.41) is 0. The molecule has 0 radical (unpaired) electrons. The molecule has 0 aliphatic carbocycles. The minimum Gasteiger partial charge on any atom is -0.497 e. The summed E-state index contributed by atoms with van der Waals surface area (Å²) in [6.07, 6.45) is 1.62. The first-order valence-electron chi connectivity index (χ1n) is 10.2. The first-order valence-corrected chi connectivity index (χ1v) is 10.2. The van der Waals surface area contributed by atoms with E-state index in [1.807, 2.05) is 24.3 Å². The Morgan fingerprint density at radius 1 is 0.964 bits per heavy atom. The molecule has 1 unspecified atom stereocenters. The Labute approximate surface area is 167 Å². The molecule has 0 amide bonds. The monoisotopic (exact) mass is 382 g/mol. The second-order valence-electron chi connectivity index (χ2n) is 7.70.